The lowest BCUT2D eigenvalue weighted by molar-refractivity contribution is -0.237. The van der Waals surface area contributed by atoms with E-state index >= 15 is 0 Å². The van der Waals surface area contributed by atoms with Gasteiger partial charge in [-0.3, -0.25) is 0 Å². The maximum absolute atomic E-state index is 9.24. The van der Waals surface area contributed by atoms with Gasteiger partial charge in [-0.25, -0.2) is 0 Å². The number of methoxy groups -OCH3 is 1. The van der Waals surface area contributed by atoms with Gasteiger partial charge < -0.3 is 19.7 Å². The molecule has 0 aromatic carbocycles. The third kappa shape index (κ3) is 1.90. The van der Waals surface area contributed by atoms with E-state index in [9.17, 15) is 10.2 Å². The highest BCUT2D eigenvalue weighted by molar-refractivity contribution is 4.79. The lowest BCUT2D eigenvalue weighted by Crippen LogP contribution is -2.47. The monoisotopic (exact) mass is 162 g/mol. The smallest absolute Gasteiger partial charge is 0.160 e. The van der Waals surface area contributed by atoms with Crippen LogP contribution in [-0.4, -0.2) is 41.9 Å². The molecule has 0 bridgehead atoms. The Bertz CT molecular complexity index is 116. The summed E-state index contributed by atoms with van der Waals surface area (Å²) in [4.78, 5) is 0. The van der Waals surface area contributed by atoms with Crippen LogP contribution in [0.2, 0.25) is 0 Å². The van der Waals surface area contributed by atoms with E-state index in [1.54, 1.807) is 6.92 Å². The predicted molar refractivity (Wildman–Crippen MR) is 38.0 cm³/mol. The molecule has 4 nitrogen and oxygen atoms in total. The van der Waals surface area contributed by atoms with Crippen LogP contribution in [0.15, 0.2) is 0 Å². The summed E-state index contributed by atoms with van der Waals surface area (Å²) in [6.07, 6.45) is -1.93. The maximum atomic E-state index is 9.24. The highest BCUT2D eigenvalue weighted by Gasteiger charge is 2.33. The standard InChI is InChI=1S/C7H14O4/c1-4-7(9)5(8)3-6(10-2)11-4/h4-9H,3H2,1-2H3/t4-,5-,6+,7-/m0/s1. The zero-order chi connectivity index (χ0) is 8.43. The molecule has 0 radical (unpaired) electrons. The summed E-state index contributed by atoms with van der Waals surface area (Å²) in [6, 6.07) is 0. The fourth-order valence-electron chi connectivity index (χ4n) is 1.18. The number of hydrogen-bond donors (Lipinski definition) is 2. The molecule has 66 valence electrons. The van der Waals surface area contributed by atoms with Gasteiger partial charge in [-0.2, -0.15) is 0 Å². The summed E-state index contributed by atoms with van der Waals surface area (Å²) in [5.41, 5.74) is 0. The van der Waals surface area contributed by atoms with Crippen molar-refractivity contribution in [3.8, 4) is 0 Å². The number of aliphatic hydroxyl groups is 2. The first-order chi connectivity index (χ1) is 5.15. The molecule has 4 atom stereocenters. The molecule has 0 amide bonds. The third-order valence-corrected chi connectivity index (χ3v) is 1.94. The molecular weight excluding hydrogens is 148 g/mol. The summed E-state index contributed by atoms with van der Waals surface area (Å²) < 4.78 is 10.1. The minimum atomic E-state index is -0.790. The normalized spacial score (nSPS) is 45.8. The summed E-state index contributed by atoms with van der Waals surface area (Å²) >= 11 is 0. The number of ether oxygens (including phenoxy) is 2. The van der Waals surface area contributed by atoms with E-state index in [1.807, 2.05) is 0 Å². The fraction of sp³-hybridized carbons (Fsp3) is 1.00. The average molecular weight is 162 g/mol. The Morgan fingerprint density at radius 3 is 2.55 bits per heavy atom. The molecule has 1 saturated heterocycles. The van der Waals surface area contributed by atoms with Gasteiger partial charge in [0, 0.05) is 13.5 Å². The highest BCUT2D eigenvalue weighted by Crippen LogP contribution is 2.19. The molecule has 0 aromatic heterocycles. The second-order valence-corrected chi connectivity index (χ2v) is 2.80. The Hall–Kier alpha value is -0.160. The first-order valence-corrected chi connectivity index (χ1v) is 3.69. The van der Waals surface area contributed by atoms with E-state index in [-0.39, 0.29) is 12.4 Å². The average Bonchev–Trinajstić information content (AvgIpc) is 1.99. The summed E-state index contributed by atoms with van der Waals surface area (Å²) in [5.74, 6) is 0. The first-order valence-electron chi connectivity index (χ1n) is 3.69. The van der Waals surface area contributed by atoms with Gasteiger partial charge in [-0.15, -0.1) is 0 Å². The van der Waals surface area contributed by atoms with E-state index in [1.165, 1.54) is 7.11 Å². The molecule has 1 fully saturated rings. The van der Waals surface area contributed by atoms with Gasteiger partial charge in [0.15, 0.2) is 6.29 Å². The number of rotatable bonds is 1. The van der Waals surface area contributed by atoms with Crippen molar-refractivity contribution in [2.75, 3.05) is 7.11 Å². The highest BCUT2D eigenvalue weighted by atomic mass is 16.7. The van der Waals surface area contributed by atoms with Crippen molar-refractivity contribution >= 4 is 0 Å². The molecular formula is C7H14O4. The SMILES string of the molecule is CO[C@H]1C[C@H](O)[C@@H](O)[C@H](C)O1. The Balaban J connectivity index is 2.47. The molecule has 0 spiro atoms. The lowest BCUT2D eigenvalue weighted by atomic mass is 10.0. The van der Waals surface area contributed by atoms with E-state index in [4.69, 9.17) is 9.47 Å². The number of aliphatic hydroxyl groups excluding tert-OH is 2. The van der Waals surface area contributed by atoms with Crippen LogP contribution in [-0.2, 0) is 9.47 Å². The molecule has 2 N–H and O–H groups in total. The first kappa shape index (κ1) is 8.93. The van der Waals surface area contributed by atoms with Crippen LogP contribution in [0.3, 0.4) is 0 Å². The molecule has 0 saturated carbocycles. The molecule has 0 unspecified atom stereocenters. The van der Waals surface area contributed by atoms with Crippen LogP contribution in [0.5, 0.6) is 0 Å². The van der Waals surface area contributed by atoms with Gasteiger partial charge in [0.2, 0.25) is 0 Å². The van der Waals surface area contributed by atoms with Crippen LogP contribution < -0.4 is 0 Å². The Morgan fingerprint density at radius 2 is 2.09 bits per heavy atom. The summed E-state index contributed by atoms with van der Waals surface area (Å²) in [5, 5.41) is 18.5. The maximum Gasteiger partial charge on any atom is 0.160 e. The Labute approximate surface area is 65.7 Å². The zero-order valence-electron chi connectivity index (χ0n) is 6.73. The van der Waals surface area contributed by atoms with Crippen molar-refractivity contribution < 1.29 is 19.7 Å². The third-order valence-electron chi connectivity index (χ3n) is 1.94. The fourth-order valence-corrected chi connectivity index (χ4v) is 1.18. The van der Waals surface area contributed by atoms with E-state index in [2.05, 4.69) is 0 Å². The van der Waals surface area contributed by atoms with Gasteiger partial charge >= 0.3 is 0 Å². The van der Waals surface area contributed by atoms with Crippen molar-refractivity contribution in [3.63, 3.8) is 0 Å². The lowest BCUT2D eigenvalue weighted by Gasteiger charge is -2.34. The van der Waals surface area contributed by atoms with Crippen molar-refractivity contribution in [2.24, 2.45) is 0 Å². The molecule has 1 aliphatic rings. The molecule has 1 rings (SSSR count). The quantitative estimate of drug-likeness (QED) is 0.545. The van der Waals surface area contributed by atoms with E-state index < -0.39 is 12.2 Å². The molecule has 11 heavy (non-hydrogen) atoms. The zero-order valence-corrected chi connectivity index (χ0v) is 6.73. The minimum Gasteiger partial charge on any atom is -0.390 e. The van der Waals surface area contributed by atoms with Crippen LogP contribution in [0.25, 0.3) is 0 Å². The van der Waals surface area contributed by atoms with Gasteiger partial charge in [-0.05, 0) is 6.92 Å². The van der Waals surface area contributed by atoms with Gasteiger partial charge in [0.25, 0.3) is 0 Å². The van der Waals surface area contributed by atoms with Crippen molar-refractivity contribution in [1.82, 2.24) is 0 Å². The molecule has 4 heteroatoms. The van der Waals surface area contributed by atoms with Crippen LogP contribution in [0.1, 0.15) is 13.3 Å². The van der Waals surface area contributed by atoms with Crippen molar-refractivity contribution in [2.45, 2.75) is 37.9 Å². The van der Waals surface area contributed by atoms with E-state index in [0.29, 0.717) is 6.42 Å². The van der Waals surface area contributed by atoms with Crippen molar-refractivity contribution in [1.29, 1.82) is 0 Å². The molecule has 1 heterocycles. The summed E-state index contributed by atoms with van der Waals surface area (Å²) in [6.45, 7) is 1.71. The van der Waals surface area contributed by atoms with Crippen LogP contribution in [0, 0.1) is 0 Å². The van der Waals surface area contributed by atoms with Crippen LogP contribution >= 0.6 is 0 Å². The molecule has 1 aliphatic heterocycles. The molecule has 0 aliphatic carbocycles. The minimum absolute atomic E-state index is 0.335. The van der Waals surface area contributed by atoms with Crippen LogP contribution in [0.4, 0.5) is 0 Å². The second-order valence-electron chi connectivity index (χ2n) is 2.80. The van der Waals surface area contributed by atoms with Crippen molar-refractivity contribution in [3.05, 3.63) is 0 Å². The van der Waals surface area contributed by atoms with Gasteiger partial charge in [-0.1, -0.05) is 0 Å². The summed E-state index contributed by atoms with van der Waals surface area (Å²) in [7, 11) is 1.52. The van der Waals surface area contributed by atoms with E-state index in [0.717, 1.165) is 0 Å². The Morgan fingerprint density at radius 1 is 1.45 bits per heavy atom. The Kier molecular flexibility index (Phi) is 2.84. The van der Waals surface area contributed by atoms with Gasteiger partial charge in [0.05, 0.1) is 12.2 Å². The topological polar surface area (TPSA) is 58.9 Å². The largest absolute Gasteiger partial charge is 0.390 e. The molecule has 0 aromatic rings. The number of hydrogen-bond acceptors (Lipinski definition) is 4. The predicted octanol–water partition coefficient (Wildman–Crippen LogP) is -0.510. The van der Waals surface area contributed by atoms with Gasteiger partial charge in [0.1, 0.15) is 6.10 Å². The second kappa shape index (κ2) is 3.49.